The van der Waals surface area contributed by atoms with Crippen molar-refractivity contribution in [2.75, 3.05) is 13.1 Å². The van der Waals surface area contributed by atoms with Crippen molar-refractivity contribution in [1.29, 1.82) is 0 Å². The van der Waals surface area contributed by atoms with Crippen LogP contribution in [0.4, 0.5) is 0 Å². The number of likely N-dealkylation sites (tertiary alicyclic amines) is 1. The molecule has 1 aliphatic heterocycles. The van der Waals surface area contributed by atoms with Gasteiger partial charge in [-0.3, -0.25) is 0 Å². The lowest BCUT2D eigenvalue weighted by atomic mass is 10.4. The third-order valence-corrected chi connectivity index (χ3v) is 1.92. The predicted octanol–water partition coefficient (Wildman–Crippen LogP) is 2.20. The van der Waals surface area contributed by atoms with Crippen LogP contribution < -0.4 is 0 Å². The summed E-state index contributed by atoms with van der Waals surface area (Å²) in [7, 11) is 0. The summed E-state index contributed by atoms with van der Waals surface area (Å²) in [5, 5.41) is 0. The normalized spacial score (nSPS) is 18.1. The van der Waals surface area contributed by atoms with E-state index in [1.54, 1.807) is 6.08 Å². The van der Waals surface area contributed by atoms with Crippen molar-refractivity contribution < 1.29 is 0 Å². The zero-order valence-electron chi connectivity index (χ0n) is 7.71. The maximum absolute atomic E-state index is 4.31. The van der Waals surface area contributed by atoms with E-state index in [2.05, 4.69) is 23.1 Å². The monoisotopic (exact) mass is 164 g/mol. The second kappa shape index (κ2) is 4.10. The van der Waals surface area contributed by atoms with E-state index in [4.69, 9.17) is 0 Å². The van der Waals surface area contributed by atoms with E-state index in [1.807, 2.05) is 6.92 Å². The van der Waals surface area contributed by atoms with Crippen molar-refractivity contribution in [3.63, 3.8) is 0 Å². The van der Waals surface area contributed by atoms with Gasteiger partial charge in [0, 0.05) is 18.8 Å². The lowest BCUT2D eigenvalue weighted by Crippen LogP contribution is -2.25. The zero-order valence-corrected chi connectivity index (χ0v) is 7.71. The summed E-state index contributed by atoms with van der Waals surface area (Å²) in [6.45, 7) is 11.6. The molecule has 0 atom stereocenters. The second-order valence-corrected chi connectivity index (χ2v) is 3.10. The first-order chi connectivity index (χ1) is 5.74. The summed E-state index contributed by atoms with van der Waals surface area (Å²) in [5.74, 6) is 0.972. The van der Waals surface area contributed by atoms with Gasteiger partial charge in [0.1, 0.15) is 5.84 Å². The van der Waals surface area contributed by atoms with Gasteiger partial charge >= 0.3 is 0 Å². The molecule has 12 heavy (non-hydrogen) atoms. The highest BCUT2D eigenvalue weighted by Crippen LogP contribution is 2.09. The zero-order chi connectivity index (χ0) is 8.97. The molecule has 2 nitrogen and oxygen atoms in total. The summed E-state index contributed by atoms with van der Waals surface area (Å²) < 4.78 is 0. The first-order valence-electron chi connectivity index (χ1n) is 4.35. The first kappa shape index (κ1) is 9.04. The van der Waals surface area contributed by atoms with Crippen molar-refractivity contribution in [2.24, 2.45) is 4.99 Å². The summed E-state index contributed by atoms with van der Waals surface area (Å²) >= 11 is 0. The Hall–Kier alpha value is -1.05. The van der Waals surface area contributed by atoms with Crippen LogP contribution in [0, 0.1) is 0 Å². The molecule has 0 saturated carbocycles. The van der Waals surface area contributed by atoms with Gasteiger partial charge in [0.15, 0.2) is 0 Å². The minimum Gasteiger partial charge on any atom is -0.357 e. The molecule has 0 aliphatic carbocycles. The van der Waals surface area contributed by atoms with Crippen molar-refractivity contribution in [1.82, 2.24) is 4.90 Å². The van der Waals surface area contributed by atoms with Gasteiger partial charge in [-0.1, -0.05) is 13.2 Å². The molecule has 1 heterocycles. The van der Waals surface area contributed by atoms with E-state index >= 15 is 0 Å². The topological polar surface area (TPSA) is 15.6 Å². The average Bonchev–Trinajstić information content (AvgIpc) is 2.51. The highest BCUT2D eigenvalue weighted by atomic mass is 15.2. The van der Waals surface area contributed by atoms with Gasteiger partial charge in [-0.15, -0.1) is 0 Å². The van der Waals surface area contributed by atoms with E-state index in [-0.39, 0.29) is 0 Å². The van der Waals surface area contributed by atoms with Crippen molar-refractivity contribution in [2.45, 2.75) is 19.8 Å². The molecule has 2 heteroatoms. The maximum Gasteiger partial charge on any atom is 0.128 e. The highest BCUT2D eigenvalue weighted by molar-refractivity contribution is 5.93. The quantitative estimate of drug-likeness (QED) is 0.451. The Labute approximate surface area is 74.3 Å². The smallest absolute Gasteiger partial charge is 0.128 e. The summed E-state index contributed by atoms with van der Waals surface area (Å²) in [6, 6.07) is 0. The van der Waals surface area contributed by atoms with Gasteiger partial charge in [-0.05, 0) is 25.8 Å². The molecule has 0 radical (unpaired) electrons. The fraction of sp³-hybridized carbons (Fsp3) is 0.500. The standard InChI is InChI=1S/C10H16N2/c1-4-10(11-9(2)3)12-7-5-6-8-12/h4H,1-2,5-8H2,3H3. The molecule has 0 N–H and O–H groups in total. The number of amidine groups is 1. The lowest BCUT2D eigenvalue weighted by molar-refractivity contribution is 0.522. The summed E-state index contributed by atoms with van der Waals surface area (Å²) in [4.78, 5) is 6.56. The Morgan fingerprint density at radius 1 is 1.42 bits per heavy atom. The lowest BCUT2D eigenvalue weighted by Gasteiger charge is -2.16. The molecule has 0 spiro atoms. The molecular formula is C10H16N2. The third kappa shape index (κ3) is 2.22. The maximum atomic E-state index is 4.31. The molecule has 0 aromatic rings. The molecule has 1 fully saturated rings. The van der Waals surface area contributed by atoms with Crippen LogP contribution in [-0.2, 0) is 0 Å². The van der Waals surface area contributed by atoms with Crippen LogP contribution in [0.5, 0.6) is 0 Å². The van der Waals surface area contributed by atoms with E-state index in [1.165, 1.54) is 12.8 Å². The fourth-order valence-corrected chi connectivity index (χ4v) is 1.39. The number of aliphatic imine (C=N–C) groups is 1. The molecule has 0 aromatic heterocycles. The molecule has 0 amide bonds. The summed E-state index contributed by atoms with van der Waals surface area (Å²) in [5.41, 5.74) is 0.844. The van der Waals surface area contributed by atoms with Crippen LogP contribution in [0.2, 0.25) is 0 Å². The van der Waals surface area contributed by atoms with Crippen molar-refractivity contribution in [3.8, 4) is 0 Å². The van der Waals surface area contributed by atoms with Crippen LogP contribution in [0.3, 0.4) is 0 Å². The predicted molar refractivity (Wildman–Crippen MR) is 53.3 cm³/mol. The van der Waals surface area contributed by atoms with Gasteiger partial charge in [-0.25, -0.2) is 4.99 Å². The SMILES string of the molecule is C=CC(=NC(=C)C)N1CCCC1. The highest BCUT2D eigenvalue weighted by Gasteiger charge is 2.13. The Morgan fingerprint density at radius 2 is 2.00 bits per heavy atom. The number of hydrogen-bond donors (Lipinski definition) is 0. The Bertz CT molecular complexity index is 210. The van der Waals surface area contributed by atoms with Crippen molar-refractivity contribution in [3.05, 3.63) is 24.9 Å². The molecule has 0 aromatic carbocycles. The minimum atomic E-state index is 0.844. The van der Waals surface area contributed by atoms with Crippen LogP contribution in [0.1, 0.15) is 19.8 Å². The molecule has 0 bridgehead atoms. The number of nitrogens with zero attached hydrogens (tertiary/aromatic N) is 2. The fourth-order valence-electron chi connectivity index (χ4n) is 1.39. The van der Waals surface area contributed by atoms with Crippen LogP contribution in [0.15, 0.2) is 29.9 Å². The van der Waals surface area contributed by atoms with Gasteiger partial charge in [0.05, 0.1) is 0 Å². The van der Waals surface area contributed by atoms with Gasteiger partial charge in [0.2, 0.25) is 0 Å². The molecule has 66 valence electrons. The third-order valence-electron chi connectivity index (χ3n) is 1.92. The number of allylic oxidation sites excluding steroid dienone is 1. The molecule has 0 unspecified atom stereocenters. The number of rotatable bonds is 2. The van der Waals surface area contributed by atoms with E-state index in [9.17, 15) is 0 Å². The Kier molecular flexibility index (Phi) is 3.09. The van der Waals surface area contributed by atoms with Crippen LogP contribution >= 0.6 is 0 Å². The Morgan fingerprint density at radius 3 is 2.42 bits per heavy atom. The first-order valence-corrected chi connectivity index (χ1v) is 4.35. The van der Waals surface area contributed by atoms with Gasteiger partial charge in [-0.2, -0.15) is 0 Å². The van der Waals surface area contributed by atoms with Crippen LogP contribution in [0.25, 0.3) is 0 Å². The average molecular weight is 164 g/mol. The number of hydrogen-bond acceptors (Lipinski definition) is 1. The largest absolute Gasteiger partial charge is 0.357 e. The molecular weight excluding hydrogens is 148 g/mol. The van der Waals surface area contributed by atoms with Gasteiger partial charge < -0.3 is 4.90 Å². The minimum absolute atomic E-state index is 0.844. The van der Waals surface area contributed by atoms with E-state index in [0.29, 0.717) is 0 Å². The van der Waals surface area contributed by atoms with E-state index in [0.717, 1.165) is 24.6 Å². The Balaban J connectivity index is 2.66. The summed E-state index contributed by atoms with van der Waals surface area (Å²) in [6.07, 6.45) is 4.34. The molecule has 1 aliphatic rings. The van der Waals surface area contributed by atoms with Gasteiger partial charge in [0.25, 0.3) is 0 Å². The van der Waals surface area contributed by atoms with E-state index < -0.39 is 0 Å². The van der Waals surface area contributed by atoms with Crippen LogP contribution in [-0.4, -0.2) is 23.8 Å². The molecule has 1 saturated heterocycles. The van der Waals surface area contributed by atoms with Crippen molar-refractivity contribution >= 4 is 5.84 Å². The molecule has 1 rings (SSSR count). The second-order valence-electron chi connectivity index (χ2n) is 3.10.